The fourth-order valence-corrected chi connectivity index (χ4v) is 0.885. The third-order valence-corrected chi connectivity index (χ3v) is 1.68. The van der Waals surface area contributed by atoms with E-state index < -0.39 is 11.9 Å². The number of carbonyl (C=O) groups is 2. The first-order chi connectivity index (χ1) is 5.00. The van der Waals surface area contributed by atoms with Crippen LogP contribution in [-0.2, 0) is 9.59 Å². The lowest BCUT2D eigenvalue weighted by Crippen LogP contribution is -2.44. The zero-order chi connectivity index (χ0) is 9.02. The average Bonchev–Trinajstić information content (AvgIpc) is 1.88. The van der Waals surface area contributed by atoms with Crippen LogP contribution in [0.4, 0.5) is 0 Å². The van der Waals surface area contributed by atoms with Crippen molar-refractivity contribution in [2.24, 2.45) is 5.73 Å². The Hall–Kier alpha value is -1.06. The SMILES string of the molecule is CC[C@@H](C(N)=O)N(C)C(C)=O. The first kappa shape index (κ1) is 9.94. The van der Waals surface area contributed by atoms with Gasteiger partial charge in [-0.1, -0.05) is 6.92 Å². The van der Waals surface area contributed by atoms with Gasteiger partial charge in [0.1, 0.15) is 6.04 Å². The highest BCUT2D eigenvalue weighted by Gasteiger charge is 2.19. The highest BCUT2D eigenvalue weighted by molar-refractivity contribution is 5.85. The van der Waals surface area contributed by atoms with Crippen molar-refractivity contribution in [2.45, 2.75) is 26.3 Å². The Kier molecular flexibility index (Phi) is 3.57. The van der Waals surface area contributed by atoms with Crippen molar-refractivity contribution in [3.63, 3.8) is 0 Å². The highest BCUT2D eigenvalue weighted by atomic mass is 16.2. The smallest absolute Gasteiger partial charge is 0.240 e. The van der Waals surface area contributed by atoms with Crippen LogP contribution in [-0.4, -0.2) is 29.8 Å². The molecular formula is C7H14N2O2. The Balaban J connectivity index is 4.25. The zero-order valence-electron chi connectivity index (χ0n) is 7.13. The van der Waals surface area contributed by atoms with Gasteiger partial charge in [-0.15, -0.1) is 0 Å². The molecule has 0 saturated heterocycles. The molecule has 11 heavy (non-hydrogen) atoms. The molecule has 0 bridgehead atoms. The van der Waals surface area contributed by atoms with E-state index in [1.165, 1.54) is 11.8 Å². The third-order valence-electron chi connectivity index (χ3n) is 1.68. The number of primary amides is 1. The number of nitrogens with two attached hydrogens (primary N) is 1. The van der Waals surface area contributed by atoms with Gasteiger partial charge in [-0.2, -0.15) is 0 Å². The quantitative estimate of drug-likeness (QED) is 0.614. The van der Waals surface area contributed by atoms with Crippen molar-refractivity contribution < 1.29 is 9.59 Å². The predicted octanol–water partition coefficient (Wildman–Crippen LogP) is -0.271. The maximum Gasteiger partial charge on any atom is 0.240 e. The van der Waals surface area contributed by atoms with Crippen LogP contribution >= 0.6 is 0 Å². The molecule has 4 heteroatoms. The summed E-state index contributed by atoms with van der Waals surface area (Å²) in [4.78, 5) is 22.8. The predicted molar refractivity (Wildman–Crippen MR) is 41.7 cm³/mol. The van der Waals surface area contributed by atoms with Crippen LogP contribution in [0.15, 0.2) is 0 Å². The lowest BCUT2D eigenvalue weighted by Gasteiger charge is -2.22. The molecule has 0 fully saturated rings. The molecule has 0 unspecified atom stereocenters. The number of hydrogen-bond acceptors (Lipinski definition) is 2. The van der Waals surface area contributed by atoms with Gasteiger partial charge in [0.05, 0.1) is 0 Å². The summed E-state index contributed by atoms with van der Waals surface area (Å²) >= 11 is 0. The third kappa shape index (κ3) is 2.57. The van der Waals surface area contributed by atoms with Gasteiger partial charge in [-0.05, 0) is 6.42 Å². The molecule has 0 spiro atoms. The molecule has 0 aliphatic heterocycles. The molecule has 2 N–H and O–H groups in total. The van der Waals surface area contributed by atoms with Gasteiger partial charge in [-0.3, -0.25) is 9.59 Å². The van der Waals surface area contributed by atoms with Crippen LogP contribution in [0.3, 0.4) is 0 Å². The normalized spacial score (nSPS) is 12.3. The summed E-state index contributed by atoms with van der Waals surface area (Å²) in [6, 6.07) is -0.465. The monoisotopic (exact) mass is 158 g/mol. The van der Waals surface area contributed by atoms with Crippen LogP contribution in [0.1, 0.15) is 20.3 Å². The standard InChI is InChI=1S/C7H14N2O2/c1-4-6(7(8)11)9(3)5(2)10/h6H,4H2,1-3H3,(H2,8,11)/t6-/m0/s1. The highest BCUT2D eigenvalue weighted by Crippen LogP contribution is 2.00. The molecular weight excluding hydrogens is 144 g/mol. The Labute approximate surface area is 66.4 Å². The second-order valence-corrected chi connectivity index (χ2v) is 2.46. The first-order valence-electron chi connectivity index (χ1n) is 3.53. The topological polar surface area (TPSA) is 63.4 Å². The average molecular weight is 158 g/mol. The van der Waals surface area contributed by atoms with Gasteiger partial charge in [0.2, 0.25) is 11.8 Å². The van der Waals surface area contributed by atoms with E-state index in [4.69, 9.17) is 5.73 Å². The minimum absolute atomic E-state index is 0.143. The number of amides is 2. The van der Waals surface area contributed by atoms with Crippen molar-refractivity contribution in [1.82, 2.24) is 4.90 Å². The van der Waals surface area contributed by atoms with Gasteiger partial charge >= 0.3 is 0 Å². The summed E-state index contributed by atoms with van der Waals surface area (Å²) in [6.07, 6.45) is 0.561. The Morgan fingerprint density at radius 2 is 2.00 bits per heavy atom. The summed E-state index contributed by atoms with van der Waals surface area (Å²) in [5.74, 6) is -0.596. The summed E-state index contributed by atoms with van der Waals surface area (Å²) in [7, 11) is 1.57. The molecule has 0 rings (SSSR count). The van der Waals surface area contributed by atoms with E-state index >= 15 is 0 Å². The molecule has 2 amide bonds. The molecule has 64 valence electrons. The van der Waals surface area contributed by atoms with Crippen LogP contribution in [0.25, 0.3) is 0 Å². The maximum atomic E-state index is 10.8. The van der Waals surface area contributed by atoms with Gasteiger partial charge in [0, 0.05) is 14.0 Å². The van der Waals surface area contributed by atoms with E-state index in [9.17, 15) is 9.59 Å². The molecule has 0 aliphatic carbocycles. The Morgan fingerprint density at radius 3 is 2.09 bits per heavy atom. The van der Waals surface area contributed by atoms with Crippen molar-refractivity contribution in [1.29, 1.82) is 0 Å². The summed E-state index contributed by atoms with van der Waals surface area (Å²) < 4.78 is 0. The number of rotatable bonds is 3. The van der Waals surface area contributed by atoms with E-state index in [2.05, 4.69) is 0 Å². The lowest BCUT2D eigenvalue weighted by atomic mass is 10.2. The van der Waals surface area contributed by atoms with Crippen LogP contribution in [0.5, 0.6) is 0 Å². The maximum absolute atomic E-state index is 10.8. The van der Waals surface area contributed by atoms with Crippen molar-refractivity contribution >= 4 is 11.8 Å². The molecule has 0 saturated carbocycles. The van der Waals surface area contributed by atoms with Crippen LogP contribution in [0.2, 0.25) is 0 Å². The van der Waals surface area contributed by atoms with Gasteiger partial charge in [0.25, 0.3) is 0 Å². The van der Waals surface area contributed by atoms with Gasteiger partial charge in [-0.25, -0.2) is 0 Å². The molecule has 0 aromatic heterocycles. The number of hydrogen-bond donors (Lipinski definition) is 1. The van der Waals surface area contributed by atoms with E-state index in [-0.39, 0.29) is 5.91 Å². The summed E-state index contributed by atoms with van der Waals surface area (Å²) in [5, 5.41) is 0. The van der Waals surface area contributed by atoms with Crippen molar-refractivity contribution in [3.05, 3.63) is 0 Å². The molecule has 0 aromatic rings. The largest absolute Gasteiger partial charge is 0.368 e. The van der Waals surface area contributed by atoms with E-state index in [1.54, 1.807) is 7.05 Å². The zero-order valence-corrected chi connectivity index (χ0v) is 7.13. The van der Waals surface area contributed by atoms with E-state index in [0.29, 0.717) is 6.42 Å². The van der Waals surface area contributed by atoms with E-state index in [1.807, 2.05) is 6.92 Å². The molecule has 0 aromatic carbocycles. The number of likely N-dealkylation sites (N-methyl/N-ethyl adjacent to an activating group) is 1. The fraction of sp³-hybridized carbons (Fsp3) is 0.714. The molecule has 4 nitrogen and oxygen atoms in total. The molecule has 0 heterocycles. The van der Waals surface area contributed by atoms with Crippen molar-refractivity contribution in [2.75, 3.05) is 7.05 Å². The fourth-order valence-electron chi connectivity index (χ4n) is 0.885. The second kappa shape index (κ2) is 3.95. The summed E-state index contributed by atoms with van der Waals surface area (Å²) in [6.45, 7) is 3.22. The first-order valence-corrected chi connectivity index (χ1v) is 3.53. The van der Waals surface area contributed by atoms with Gasteiger partial charge in [0.15, 0.2) is 0 Å². The molecule has 1 atom stereocenters. The molecule has 0 aliphatic rings. The van der Waals surface area contributed by atoms with E-state index in [0.717, 1.165) is 0 Å². The Bertz CT molecular complexity index is 168. The van der Waals surface area contributed by atoms with Crippen LogP contribution < -0.4 is 5.73 Å². The second-order valence-electron chi connectivity index (χ2n) is 2.46. The summed E-state index contributed by atoms with van der Waals surface area (Å²) in [5.41, 5.74) is 5.05. The number of nitrogens with zero attached hydrogens (tertiary/aromatic N) is 1. The minimum atomic E-state index is -0.465. The lowest BCUT2D eigenvalue weighted by molar-refractivity contribution is -0.136. The Morgan fingerprint density at radius 1 is 1.55 bits per heavy atom. The van der Waals surface area contributed by atoms with Crippen LogP contribution in [0, 0.1) is 0 Å². The minimum Gasteiger partial charge on any atom is -0.368 e. The number of carbonyl (C=O) groups excluding carboxylic acids is 2. The van der Waals surface area contributed by atoms with Gasteiger partial charge < -0.3 is 10.6 Å². The molecule has 0 radical (unpaired) electrons. The van der Waals surface area contributed by atoms with Crippen molar-refractivity contribution in [3.8, 4) is 0 Å².